The number of aromatic nitrogens is 4. The van der Waals surface area contributed by atoms with E-state index in [9.17, 15) is 22.8 Å². The average molecular weight is 547 g/mol. The van der Waals surface area contributed by atoms with Crippen molar-refractivity contribution in [1.29, 1.82) is 0 Å². The van der Waals surface area contributed by atoms with Crippen molar-refractivity contribution >= 4 is 40.4 Å². The van der Waals surface area contributed by atoms with Crippen LogP contribution in [0.5, 0.6) is 0 Å². The Morgan fingerprint density at radius 1 is 1.05 bits per heavy atom. The van der Waals surface area contributed by atoms with Crippen LogP contribution in [0.2, 0.25) is 0 Å². The molecule has 11 nitrogen and oxygen atoms in total. The molecular formula is C25H29F3N8O3. The number of pyridine rings is 1. The van der Waals surface area contributed by atoms with E-state index in [4.69, 9.17) is 4.98 Å². The molecule has 0 atom stereocenters. The second-order valence-electron chi connectivity index (χ2n) is 9.83. The fourth-order valence-corrected chi connectivity index (χ4v) is 4.96. The van der Waals surface area contributed by atoms with Gasteiger partial charge in [0.2, 0.25) is 5.95 Å². The fourth-order valence-electron chi connectivity index (χ4n) is 4.96. The highest BCUT2D eigenvalue weighted by Crippen LogP contribution is 2.35. The van der Waals surface area contributed by atoms with E-state index in [1.165, 1.54) is 0 Å². The van der Waals surface area contributed by atoms with Crippen molar-refractivity contribution in [2.45, 2.75) is 37.9 Å². The lowest BCUT2D eigenvalue weighted by Crippen LogP contribution is -2.48. The maximum Gasteiger partial charge on any atom is 0.492 e. The topological polar surface area (TPSA) is 109 Å². The monoisotopic (exact) mass is 546 g/mol. The zero-order valence-electron chi connectivity index (χ0n) is 21.6. The Labute approximate surface area is 222 Å². The van der Waals surface area contributed by atoms with Gasteiger partial charge in [-0.05, 0) is 31.0 Å². The summed E-state index contributed by atoms with van der Waals surface area (Å²) in [5.41, 5.74) is 2.08. The number of hydrogen-bond donors (Lipinski definition) is 1. The minimum atomic E-state index is -5.02. The van der Waals surface area contributed by atoms with Crippen molar-refractivity contribution < 1.29 is 27.6 Å². The van der Waals surface area contributed by atoms with Crippen molar-refractivity contribution in [1.82, 2.24) is 29.5 Å². The van der Waals surface area contributed by atoms with Gasteiger partial charge in [0.1, 0.15) is 17.2 Å². The van der Waals surface area contributed by atoms with Crippen molar-refractivity contribution in [3.63, 3.8) is 0 Å². The van der Waals surface area contributed by atoms with Gasteiger partial charge in [0, 0.05) is 44.8 Å². The van der Waals surface area contributed by atoms with Crippen LogP contribution in [0, 0.1) is 0 Å². The van der Waals surface area contributed by atoms with Gasteiger partial charge in [-0.3, -0.25) is 4.79 Å². The number of fused-ring (bicyclic) bond motifs is 1. The maximum absolute atomic E-state index is 12.9. The highest BCUT2D eigenvalue weighted by Gasteiger charge is 2.43. The lowest BCUT2D eigenvalue weighted by atomic mass is 10.2. The summed E-state index contributed by atoms with van der Waals surface area (Å²) in [7, 11) is 3.46. The van der Waals surface area contributed by atoms with Gasteiger partial charge in [0.25, 0.3) is 5.91 Å². The van der Waals surface area contributed by atoms with Crippen molar-refractivity contribution in [3.8, 4) is 0 Å². The number of amides is 1. The lowest BCUT2D eigenvalue weighted by molar-refractivity contribution is -0.239. The van der Waals surface area contributed by atoms with Crippen LogP contribution in [0.1, 0.15) is 42.2 Å². The van der Waals surface area contributed by atoms with E-state index in [1.807, 2.05) is 21.6 Å². The van der Waals surface area contributed by atoms with E-state index in [2.05, 4.69) is 20.1 Å². The number of halogens is 3. The smallest absolute Gasteiger partial charge is 0.367 e. The van der Waals surface area contributed by atoms with Gasteiger partial charge in [-0.1, -0.05) is 12.8 Å². The number of carbonyl (C=O) groups excluding carboxylic acids is 2. The molecule has 1 saturated carbocycles. The standard InChI is InChI=1S/C25H29F3N8O3/c1-33(2)22(37)19-13-16-14-30-24(32-21(16)36(19)17-5-3-4-6-17)31-20-8-7-18(15-29-20)34-9-11-35(12-10-34)39-23(38)25(26,27)28/h7-8,13-15,17H,3-6,9-12H2,1-2H3,(H,29,30,31,32). The quantitative estimate of drug-likeness (QED) is 0.497. The van der Waals surface area contributed by atoms with Gasteiger partial charge >= 0.3 is 12.1 Å². The molecule has 1 saturated heterocycles. The van der Waals surface area contributed by atoms with Gasteiger partial charge in [0.15, 0.2) is 0 Å². The summed E-state index contributed by atoms with van der Waals surface area (Å²) >= 11 is 0. The first-order valence-corrected chi connectivity index (χ1v) is 12.7. The summed E-state index contributed by atoms with van der Waals surface area (Å²) in [6.07, 6.45) is 2.53. The van der Waals surface area contributed by atoms with Crippen LogP contribution in [0.3, 0.4) is 0 Å². The highest BCUT2D eigenvalue weighted by atomic mass is 19.4. The molecule has 4 heterocycles. The molecule has 1 aliphatic heterocycles. The molecule has 208 valence electrons. The number of carbonyl (C=O) groups is 2. The molecule has 14 heteroatoms. The number of anilines is 3. The molecule has 5 rings (SSSR count). The molecule has 3 aromatic rings. The van der Waals surface area contributed by atoms with Crippen molar-refractivity contribution in [2.75, 3.05) is 50.5 Å². The largest absolute Gasteiger partial charge is 0.492 e. The Balaban J connectivity index is 1.27. The van der Waals surface area contributed by atoms with Gasteiger partial charge < -0.3 is 24.5 Å². The van der Waals surface area contributed by atoms with Crippen LogP contribution < -0.4 is 10.2 Å². The molecule has 0 bridgehead atoms. The van der Waals surface area contributed by atoms with Gasteiger partial charge in [-0.2, -0.15) is 18.2 Å². The van der Waals surface area contributed by atoms with Gasteiger partial charge in [0.05, 0.1) is 25.0 Å². The zero-order valence-corrected chi connectivity index (χ0v) is 21.6. The summed E-state index contributed by atoms with van der Waals surface area (Å²) < 4.78 is 39.3. The number of piperazine rings is 1. The van der Waals surface area contributed by atoms with E-state index in [1.54, 1.807) is 37.5 Å². The number of alkyl halides is 3. The van der Waals surface area contributed by atoms with Crippen LogP contribution in [-0.2, 0) is 9.63 Å². The fraction of sp³-hybridized carbons (Fsp3) is 0.480. The van der Waals surface area contributed by atoms with Crippen LogP contribution in [0.4, 0.5) is 30.6 Å². The molecular weight excluding hydrogens is 517 g/mol. The van der Waals surface area contributed by atoms with Crippen LogP contribution >= 0.6 is 0 Å². The molecule has 1 aliphatic carbocycles. The first kappa shape index (κ1) is 26.7. The van der Waals surface area contributed by atoms with E-state index < -0.39 is 12.1 Å². The molecule has 0 aromatic carbocycles. The summed E-state index contributed by atoms with van der Waals surface area (Å²) in [5, 5.41) is 4.92. The molecule has 3 aromatic heterocycles. The van der Waals surface area contributed by atoms with E-state index in [0.29, 0.717) is 36.2 Å². The van der Waals surface area contributed by atoms with Crippen LogP contribution in [0.25, 0.3) is 11.0 Å². The second-order valence-corrected chi connectivity index (χ2v) is 9.83. The third-order valence-corrected chi connectivity index (χ3v) is 6.93. The van der Waals surface area contributed by atoms with Gasteiger partial charge in [-0.25, -0.2) is 14.8 Å². The molecule has 1 N–H and O–H groups in total. The Morgan fingerprint density at radius 2 is 1.77 bits per heavy atom. The lowest BCUT2D eigenvalue weighted by Gasteiger charge is -2.34. The van der Waals surface area contributed by atoms with Crippen LogP contribution in [0.15, 0.2) is 30.6 Å². The SMILES string of the molecule is CN(C)C(=O)c1cc2cnc(Nc3ccc(N4CCN(OC(=O)C(F)(F)F)CC4)cn3)nc2n1C1CCCC1. The summed E-state index contributed by atoms with van der Waals surface area (Å²) in [6, 6.07) is 5.64. The van der Waals surface area contributed by atoms with E-state index in [0.717, 1.165) is 41.8 Å². The molecule has 39 heavy (non-hydrogen) atoms. The second kappa shape index (κ2) is 10.7. The number of nitrogens with one attached hydrogen (secondary N) is 1. The highest BCUT2D eigenvalue weighted by molar-refractivity contribution is 5.97. The Kier molecular flexibility index (Phi) is 7.30. The summed E-state index contributed by atoms with van der Waals surface area (Å²) in [6.45, 7) is 1.00. The van der Waals surface area contributed by atoms with E-state index in [-0.39, 0.29) is 25.0 Å². The minimum Gasteiger partial charge on any atom is -0.367 e. The van der Waals surface area contributed by atoms with Crippen LogP contribution in [-0.4, -0.2) is 87.8 Å². The predicted octanol–water partition coefficient (Wildman–Crippen LogP) is 3.53. The third-order valence-electron chi connectivity index (χ3n) is 6.93. The first-order valence-electron chi connectivity index (χ1n) is 12.7. The summed E-state index contributed by atoms with van der Waals surface area (Å²) in [4.78, 5) is 45.4. The molecule has 2 aliphatic rings. The Hall–Kier alpha value is -3.94. The van der Waals surface area contributed by atoms with Gasteiger partial charge in [-0.15, -0.1) is 5.06 Å². The minimum absolute atomic E-state index is 0.0778. The molecule has 0 spiro atoms. The molecule has 0 radical (unpaired) electrons. The van der Waals surface area contributed by atoms with Crippen molar-refractivity contribution in [3.05, 3.63) is 36.3 Å². The number of hydroxylamine groups is 2. The zero-order chi connectivity index (χ0) is 27.7. The van der Waals surface area contributed by atoms with Crippen molar-refractivity contribution in [2.24, 2.45) is 0 Å². The number of rotatable bonds is 6. The maximum atomic E-state index is 12.9. The Morgan fingerprint density at radius 3 is 2.38 bits per heavy atom. The molecule has 2 fully saturated rings. The normalized spacial score (nSPS) is 17.0. The molecule has 0 unspecified atom stereocenters. The van der Waals surface area contributed by atoms with E-state index >= 15 is 0 Å². The third kappa shape index (κ3) is 5.75. The number of hydrogen-bond acceptors (Lipinski definition) is 9. The number of nitrogens with zero attached hydrogens (tertiary/aromatic N) is 7. The molecule has 1 amide bonds. The first-order chi connectivity index (χ1) is 18.6. The summed E-state index contributed by atoms with van der Waals surface area (Å²) in [5.74, 6) is -1.43. The predicted molar refractivity (Wildman–Crippen MR) is 137 cm³/mol. The Bertz CT molecular complexity index is 1350. The average Bonchev–Trinajstić information content (AvgIpc) is 3.56.